The van der Waals surface area contributed by atoms with Crippen LogP contribution < -0.4 is 0 Å². The van der Waals surface area contributed by atoms with Gasteiger partial charge in [0.25, 0.3) is 0 Å². The van der Waals surface area contributed by atoms with Crippen LogP contribution in [0.2, 0.25) is 0 Å². The lowest BCUT2D eigenvalue weighted by molar-refractivity contribution is -0.144. The minimum atomic E-state index is -0.327. The molecule has 3 heteroatoms. The van der Waals surface area contributed by atoms with E-state index in [-0.39, 0.29) is 29.3 Å². The predicted molar refractivity (Wildman–Crippen MR) is 101 cm³/mol. The summed E-state index contributed by atoms with van der Waals surface area (Å²) >= 11 is 0. The van der Waals surface area contributed by atoms with Gasteiger partial charge in [0.1, 0.15) is 11.9 Å². The molecule has 1 saturated carbocycles. The summed E-state index contributed by atoms with van der Waals surface area (Å²) in [5.41, 5.74) is 2.98. The fourth-order valence-corrected chi connectivity index (χ4v) is 4.42. The smallest absolute Gasteiger partial charge is 0.303 e. The van der Waals surface area contributed by atoms with Crippen LogP contribution >= 0.6 is 0 Å². The normalized spacial score (nSPS) is 33.9. The molecule has 4 atom stereocenters. The Labute approximate surface area is 152 Å². The lowest BCUT2D eigenvalue weighted by Crippen LogP contribution is -2.30. The standard InChI is InChI=1S/C22H32O3/c1-14(2)18-13-21(24)22(6)12-11-15(3)7-10-20(25-17(5)23)16(4)8-9-19(18)22/h11,18-20H,1,4,7-10,12-13H2,2-3,5-6H3/t18-,19+,20+,22-/m1/s1. The number of hydrogen-bond donors (Lipinski definition) is 0. The first-order valence-electron chi connectivity index (χ1n) is 9.34. The zero-order valence-corrected chi connectivity index (χ0v) is 16.2. The Bertz CT molecular complexity index is 613. The van der Waals surface area contributed by atoms with Crippen molar-refractivity contribution in [2.75, 3.05) is 0 Å². The maximum Gasteiger partial charge on any atom is 0.303 e. The number of ketones is 1. The van der Waals surface area contributed by atoms with Gasteiger partial charge in [-0.05, 0) is 63.4 Å². The van der Waals surface area contributed by atoms with Crippen molar-refractivity contribution in [3.05, 3.63) is 36.0 Å². The second-order valence-electron chi connectivity index (χ2n) is 8.19. The van der Waals surface area contributed by atoms with E-state index in [1.807, 2.05) is 6.92 Å². The first kappa shape index (κ1) is 19.7. The topological polar surface area (TPSA) is 43.4 Å². The molecule has 25 heavy (non-hydrogen) atoms. The monoisotopic (exact) mass is 344 g/mol. The van der Waals surface area contributed by atoms with Crippen molar-refractivity contribution in [2.45, 2.75) is 72.3 Å². The first-order valence-corrected chi connectivity index (χ1v) is 9.34. The molecule has 2 rings (SSSR count). The van der Waals surface area contributed by atoms with E-state index < -0.39 is 0 Å². The highest BCUT2D eigenvalue weighted by atomic mass is 16.5. The van der Waals surface area contributed by atoms with Gasteiger partial charge in [-0.15, -0.1) is 0 Å². The summed E-state index contributed by atoms with van der Waals surface area (Å²) in [7, 11) is 0. The summed E-state index contributed by atoms with van der Waals surface area (Å²) in [6.45, 7) is 16.0. The average molecular weight is 344 g/mol. The Morgan fingerprint density at radius 3 is 2.56 bits per heavy atom. The van der Waals surface area contributed by atoms with Crippen LogP contribution in [-0.2, 0) is 14.3 Å². The van der Waals surface area contributed by atoms with E-state index in [1.165, 1.54) is 12.5 Å². The highest BCUT2D eigenvalue weighted by Gasteiger charge is 2.50. The first-order chi connectivity index (χ1) is 11.6. The third-order valence-corrected chi connectivity index (χ3v) is 6.19. The highest BCUT2D eigenvalue weighted by molar-refractivity contribution is 5.88. The molecule has 2 aliphatic rings. The molecular formula is C22H32O3. The van der Waals surface area contributed by atoms with Gasteiger partial charge in [0, 0.05) is 18.8 Å². The molecule has 0 aromatic carbocycles. The fraction of sp³-hybridized carbons (Fsp3) is 0.636. The van der Waals surface area contributed by atoms with Gasteiger partial charge in [-0.3, -0.25) is 9.59 Å². The van der Waals surface area contributed by atoms with Crippen molar-refractivity contribution in [3.8, 4) is 0 Å². The van der Waals surface area contributed by atoms with Crippen LogP contribution in [0.1, 0.15) is 66.2 Å². The van der Waals surface area contributed by atoms with E-state index in [9.17, 15) is 9.59 Å². The molecule has 0 heterocycles. The lowest BCUT2D eigenvalue weighted by atomic mass is 9.70. The summed E-state index contributed by atoms with van der Waals surface area (Å²) in [5.74, 6) is 0.612. The summed E-state index contributed by atoms with van der Waals surface area (Å²) in [6, 6.07) is 0. The van der Waals surface area contributed by atoms with Crippen molar-refractivity contribution in [1.82, 2.24) is 0 Å². The van der Waals surface area contributed by atoms with E-state index in [0.717, 1.165) is 43.3 Å². The molecule has 0 amide bonds. The second kappa shape index (κ2) is 7.72. The number of rotatable bonds is 2. The number of esters is 1. The van der Waals surface area contributed by atoms with Crippen LogP contribution in [0.3, 0.4) is 0 Å². The SMILES string of the molecule is C=C1CC[C@H]2[C@@H](C(=C)C)CC(=O)[C@]2(C)CC=C(C)CC[C@@H]1OC(C)=O. The van der Waals surface area contributed by atoms with Crippen LogP contribution in [0.4, 0.5) is 0 Å². The number of ether oxygens (including phenoxy) is 1. The van der Waals surface area contributed by atoms with Crippen molar-refractivity contribution >= 4 is 11.8 Å². The van der Waals surface area contributed by atoms with E-state index in [2.05, 4.69) is 33.1 Å². The molecule has 0 aromatic heterocycles. The zero-order valence-electron chi connectivity index (χ0n) is 16.2. The van der Waals surface area contributed by atoms with Gasteiger partial charge in [0.05, 0.1) is 0 Å². The third kappa shape index (κ3) is 4.31. The molecule has 0 aromatic rings. The van der Waals surface area contributed by atoms with Gasteiger partial charge < -0.3 is 4.74 Å². The molecule has 2 aliphatic carbocycles. The van der Waals surface area contributed by atoms with E-state index >= 15 is 0 Å². The highest BCUT2D eigenvalue weighted by Crippen LogP contribution is 2.52. The Morgan fingerprint density at radius 1 is 1.28 bits per heavy atom. The minimum absolute atomic E-state index is 0.231. The Balaban J connectivity index is 2.32. The second-order valence-corrected chi connectivity index (χ2v) is 8.19. The average Bonchev–Trinajstić information content (AvgIpc) is 2.77. The number of allylic oxidation sites excluding steroid dienone is 3. The van der Waals surface area contributed by atoms with Gasteiger partial charge in [-0.25, -0.2) is 0 Å². The molecule has 0 aliphatic heterocycles. The molecule has 138 valence electrons. The summed E-state index contributed by atoms with van der Waals surface area (Å²) < 4.78 is 5.51. The molecule has 0 spiro atoms. The number of carbonyl (C=O) groups excluding carboxylic acids is 2. The largest absolute Gasteiger partial charge is 0.458 e. The maximum atomic E-state index is 12.8. The van der Waals surface area contributed by atoms with Crippen LogP contribution in [0.15, 0.2) is 36.0 Å². The Hall–Kier alpha value is -1.64. The molecule has 0 bridgehead atoms. The molecular weight excluding hydrogens is 312 g/mol. The number of carbonyl (C=O) groups is 2. The molecule has 0 unspecified atom stereocenters. The lowest BCUT2D eigenvalue weighted by Gasteiger charge is -2.33. The Morgan fingerprint density at radius 2 is 1.96 bits per heavy atom. The van der Waals surface area contributed by atoms with Gasteiger partial charge >= 0.3 is 5.97 Å². The van der Waals surface area contributed by atoms with Crippen molar-refractivity contribution < 1.29 is 14.3 Å². The molecule has 0 saturated heterocycles. The van der Waals surface area contributed by atoms with Crippen LogP contribution in [0.25, 0.3) is 0 Å². The van der Waals surface area contributed by atoms with Gasteiger partial charge in [-0.2, -0.15) is 0 Å². The predicted octanol–water partition coefficient (Wildman–Crippen LogP) is 5.17. The van der Waals surface area contributed by atoms with Crippen LogP contribution in [0.5, 0.6) is 0 Å². The zero-order chi connectivity index (χ0) is 18.8. The molecule has 0 radical (unpaired) electrons. The minimum Gasteiger partial charge on any atom is -0.458 e. The van der Waals surface area contributed by atoms with Gasteiger partial charge in [0.15, 0.2) is 0 Å². The van der Waals surface area contributed by atoms with Crippen molar-refractivity contribution in [2.24, 2.45) is 17.3 Å². The van der Waals surface area contributed by atoms with Crippen LogP contribution in [0, 0.1) is 17.3 Å². The summed E-state index contributed by atoms with van der Waals surface area (Å²) in [4.78, 5) is 24.3. The van der Waals surface area contributed by atoms with Crippen molar-refractivity contribution in [3.63, 3.8) is 0 Å². The van der Waals surface area contributed by atoms with Gasteiger partial charge in [0.2, 0.25) is 0 Å². The summed E-state index contributed by atoms with van der Waals surface area (Å²) in [6.07, 6.45) is 6.67. The van der Waals surface area contributed by atoms with Crippen LogP contribution in [-0.4, -0.2) is 17.9 Å². The Kier molecular flexibility index (Phi) is 6.08. The molecule has 3 nitrogen and oxygen atoms in total. The molecule has 0 N–H and O–H groups in total. The van der Waals surface area contributed by atoms with Crippen molar-refractivity contribution in [1.29, 1.82) is 0 Å². The maximum absolute atomic E-state index is 12.8. The fourth-order valence-electron chi connectivity index (χ4n) is 4.42. The quantitative estimate of drug-likeness (QED) is 0.512. The summed E-state index contributed by atoms with van der Waals surface area (Å²) in [5, 5.41) is 0. The number of hydrogen-bond acceptors (Lipinski definition) is 3. The third-order valence-electron chi connectivity index (χ3n) is 6.19. The molecule has 1 fully saturated rings. The number of fused-ring (bicyclic) bond motifs is 1. The van der Waals surface area contributed by atoms with E-state index in [4.69, 9.17) is 4.74 Å². The van der Waals surface area contributed by atoms with E-state index in [0.29, 0.717) is 12.2 Å². The van der Waals surface area contributed by atoms with Gasteiger partial charge in [-0.1, -0.05) is 37.3 Å². The number of Topliss-reactive ketones (excluding diaryl/α,β-unsaturated/α-hetero) is 1. The van der Waals surface area contributed by atoms with E-state index in [1.54, 1.807) is 0 Å².